The number of ether oxygens (including phenoxy) is 2. The highest BCUT2D eigenvalue weighted by Crippen LogP contribution is 2.39. The summed E-state index contributed by atoms with van der Waals surface area (Å²) in [7, 11) is 0. The monoisotopic (exact) mass is 318 g/mol. The Labute approximate surface area is 135 Å². The molecule has 23 heavy (non-hydrogen) atoms. The van der Waals surface area contributed by atoms with Gasteiger partial charge in [0, 0.05) is 30.7 Å². The van der Waals surface area contributed by atoms with Crippen molar-refractivity contribution < 1.29 is 19.1 Å². The topological polar surface area (TPSA) is 67.9 Å². The van der Waals surface area contributed by atoms with E-state index in [1.807, 2.05) is 18.2 Å². The van der Waals surface area contributed by atoms with Crippen LogP contribution in [0.2, 0.25) is 0 Å². The molecule has 1 spiro atoms. The molecule has 1 aromatic rings. The molecule has 0 bridgehead atoms. The fraction of sp³-hybridized carbons (Fsp3) is 0.529. The summed E-state index contributed by atoms with van der Waals surface area (Å²) in [6.45, 7) is 4.38. The quantitative estimate of drug-likeness (QED) is 0.920. The first-order valence-corrected chi connectivity index (χ1v) is 8.00. The molecule has 0 aromatic heterocycles. The number of rotatable bonds is 3. The van der Waals surface area contributed by atoms with Crippen molar-refractivity contribution >= 4 is 12.0 Å². The average Bonchev–Trinajstić information content (AvgIpc) is 3.17. The number of likely N-dealkylation sites (tertiary alicyclic amines) is 1. The molecule has 2 aliphatic rings. The van der Waals surface area contributed by atoms with Crippen LogP contribution < -0.4 is 5.32 Å². The summed E-state index contributed by atoms with van der Waals surface area (Å²) in [5.74, 6) is -0.118. The van der Waals surface area contributed by atoms with Crippen LogP contribution in [0.3, 0.4) is 0 Å². The zero-order chi connectivity index (χ0) is 16.3. The third-order valence-electron chi connectivity index (χ3n) is 4.65. The number of nitrogens with one attached hydrogen (secondary N) is 1. The zero-order valence-corrected chi connectivity index (χ0v) is 13.3. The molecule has 0 radical (unpaired) electrons. The van der Waals surface area contributed by atoms with Crippen molar-refractivity contribution in [3.63, 3.8) is 0 Å². The van der Waals surface area contributed by atoms with Gasteiger partial charge in [0.2, 0.25) is 0 Å². The zero-order valence-electron chi connectivity index (χ0n) is 13.3. The molecule has 2 heterocycles. The second-order valence-electron chi connectivity index (χ2n) is 6.14. The number of carbonyl (C=O) groups excluding carboxylic acids is 2. The minimum absolute atomic E-state index is 0.118. The van der Waals surface area contributed by atoms with E-state index in [1.165, 1.54) is 0 Å². The first kappa shape index (κ1) is 15.8. The van der Waals surface area contributed by atoms with Crippen molar-refractivity contribution in [1.82, 2.24) is 10.2 Å². The Kier molecular flexibility index (Phi) is 4.52. The molecule has 1 unspecified atom stereocenters. The summed E-state index contributed by atoms with van der Waals surface area (Å²) < 4.78 is 10.7. The van der Waals surface area contributed by atoms with Gasteiger partial charge in [-0.2, -0.15) is 0 Å². The smallest absolute Gasteiger partial charge is 0.409 e. The van der Waals surface area contributed by atoms with Crippen LogP contribution in [-0.2, 0) is 9.47 Å². The van der Waals surface area contributed by atoms with E-state index >= 15 is 0 Å². The lowest BCUT2D eigenvalue weighted by Crippen LogP contribution is -2.47. The van der Waals surface area contributed by atoms with Crippen LogP contribution in [0.15, 0.2) is 30.3 Å². The van der Waals surface area contributed by atoms with Crippen molar-refractivity contribution in [3.05, 3.63) is 35.9 Å². The first-order chi connectivity index (χ1) is 11.1. The Hall–Kier alpha value is -2.08. The van der Waals surface area contributed by atoms with Gasteiger partial charge in [-0.05, 0) is 25.5 Å². The first-order valence-electron chi connectivity index (χ1n) is 8.00. The number of benzene rings is 1. The van der Waals surface area contributed by atoms with Crippen LogP contribution in [0.1, 0.15) is 23.7 Å². The second kappa shape index (κ2) is 6.58. The number of carbonyl (C=O) groups is 2. The molecule has 2 aliphatic heterocycles. The standard InChI is InChI=1S/C17H22N2O4/c1-2-23-16(21)19-10-14(17(11-19)8-9-22-12-17)18-15(20)13-6-4-3-5-7-13/h3-7,14H,2,8-12H2,1H3,(H,18,20)/t14?,17-/m0/s1. The molecule has 1 N–H and O–H groups in total. The highest BCUT2D eigenvalue weighted by atomic mass is 16.6. The molecule has 2 amide bonds. The van der Waals surface area contributed by atoms with Gasteiger partial charge in [-0.3, -0.25) is 4.79 Å². The van der Waals surface area contributed by atoms with E-state index in [9.17, 15) is 9.59 Å². The average molecular weight is 318 g/mol. The lowest BCUT2D eigenvalue weighted by molar-refractivity contribution is 0.0889. The second-order valence-corrected chi connectivity index (χ2v) is 6.14. The minimum atomic E-state index is -0.324. The Bertz CT molecular complexity index is 569. The summed E-state index contributed by atoms with van der Waals surface area (Å²) in [5.41, 5.74) is 0.410. The van der Waals surface area contributed by atoms with Gasteiger partial charge < -0.3 is 19.7 Å². The van der Waals surface area contributed by atoms with Crippen molar-refractivity contribution in [2.45, 2.75) is 19.4 Å². The third-order valence-corrected chi connectivity index (χ3v) is 4.65. The van der Waals surface area contributed by atoms with E-state index in [0.29, 0.717) is 38.5 Å². The molecule has 124 valence electrons. The van der Waals surface area contributed by atoms with E-state index in [4.69, 9.17) is 9.47 Å². The molecule has 2 saturated heterocycles. The van der Waals surface area contributed by atoms with Gasteiger partial charge in [0.1, 0.15) is 0 Å². The maximum atomic E-state index is 12.5. The van der Waals surface area contributed by atoms with Crippen molar-refractivity contribution in [1.29, 1.82) is 0 Å². The van der Waals surface area contributed by atoms with E-state index in [1.54, 1.807) is 24.0 Å². The summed E-state index contributed by atoms with van der Waals surface area (Å²) in [6, 6.07) is 8.99. The van der Waals surface area contributed by atoms with Crippen LogP contribution in [0, 0.1) is 5.41 Å². The molecule has 2 atom stereocenters. The molecule has 2 fully saturated rings. The normalized spacial score (nSPS) is 26.5. The summed E-state index contributed by atoms with van der Waals surface area (Å²) in [5, 5.41) is 3.09. The van der Waals surface area contributed by atoms with Gasteiger partial charge in [-0.15, -0.1) is 0 Å². The predicted octanol–water partition coefficient (Wildman–Crippen LogP) is 1.66. The largest absolute Gasteiger partial charge is 0.450 e. The fourth-order valence-electron chi connectivity index (χ4n) is 3.38. The van der Waals surface area contributed by atoms with Crippen molar-refractivity contribution in [2.24, 2.45) is 5.41 Å². The Morgan fingerprint density at radius 3 is 2.83 bits per heavy atom. The Morgan fingerprint density at radius 2 is 2.17 bits per heavy atom. The van der Waals surface area contributed by atoms with Gasteiger partial charge in [0.05, 0.1) is 19.3 Å². The molecular formula is C17H22N2O4. The SMILES string of the molecule is CCOC(=O)N1CC(NC(=O)c2ccccc2)[C@@]2(CCOC2)C1. The highest BCUT2D eigenvalue weighted by molar-refractivity contribution is 5.94. The maximum absolute atomic E-state index is 12.5. The fourth-order valence-corrected chi connectivity index (χ4v) is 3.38. The maximum Gasteiger partial charge on any atom is 0.409 e. The number of hydrogen-bond acceptors (Lipinski definition) is 4. The molecule has 6 heteroatoms. The van der Waals surface area contributed by atoms with Gasteiger partial charge in [0.15, 0.2) is 0 Å². The Morgan fingerprint density at radius 1 is 1.39 bits per heavy atom. The summed E-state index contributed by atoms with van der Waals surface area (Å²) in [6.07, 6.45) is 0.512. The third kappa shape index (κ3) is 3.17. The summed E-state index contributed by atoms with van der Waals surface area (Å²) >= 11 is 0. The Balaban J connectivity index is 1.73. The van der Waals surface area contributed by atoms with Gasteiger partial charge in [0.25, 0.3) is 5.91 Å². The van der Waals surface area contributed by atoms with Crippen molar-refractivity contribution in [2.75, 3.05) is 32.9 Å². The van der Waals surface area contributed by atoms with Crippen LogP contribution in [-0.4, -0.2) is 55.9 Å². The van der Waals surface area contributed by atoms with Crippen LogP contribution >= 0.6 is 0 Å². The molecular weight excluding hydrogens is 296 g/mol. The van der Waals surface area contributed by atoms with E-state index in [2.05, 4.69) is 5.32 Å². The van der Waals surface area contributed by atoms with E-state index < -0.39 is 0 Å². The molecule has 3 rings (SSSR count). The summed E-state index contributed by atoms with van der Waals surface area (Å²) in [4.78, 5) is 26.2. The molecule has 0 saturated carbocycles. The number of hydrogen-bond donors (Lipinski definition) is 1. The minimum Gasteiger partial charge on any atom is -0.450 e. The van der Waals surface area contributed by atoms with Crippen LogP contribution in [0.25, 0.3) is 0 Å². The van der Waals surface area contributed by atoms with Gasteiger partial charge in [-0.1, -0.05) is 18.2 Å². The van der Waals surface area contributed by atoms with Crippen LogP contribution in [0.4, 0.5) is 4.79 Å². The van der Waals surface area contributed by atoms with Gasteiger partial charge >= 0.3 is 6.09 Å². The van der Waals surface area contributed by atoms with Crippen molar-refractivity contribution in [3.8, 4) is 0 Å². The highest BCUT2D eigenvalue weighted by Gasteiger charge is 2.51. The number of nitrogens with zero attached hydrogens (tertiary/aromatic N) is 1. The lowest BCUT2D eigenvalue weighted by atomic mass is 9.82. The molecule has 6 nitrogen and oxygen atoms in total. The molecule has 0 aliphatic carbocycles. The van der Waals surface area contributed by atoms with E-state index in [-0.39, 0.29) is 23.5 Å². The van der Waals surface area contributed by atoms with Crippen LogP contribution in [0.5, 0.6) is 0 Å². The number of amides is 2. The molecule has 1 aromatic carbocycles. The lowest BCUT2D eigenvalue weighted by Gasteiger charge is -2.28. The van der Waals surface area contributed by atoms with Gasteiger partial charge in [-0.25, -0.2) is 4.79 Å². The van der Waals surface area contributed by atoms with E-state index in [0.717, 1.165) is 6.42 Å². The predicted molar refractivity (Wildman–Crippen MR) is 84.2 cm³/mol.